The van der Waals surface area contributed by atoms with Crippen molar-refractivity contribution in [3.8, 4) is 11.3 Å². The lowest BCUT2D eigenvalue weighted by atomic mass is 10.1. The number of benzene rings is 1. The number of rotatable bonds is 6. The Morgan fingerprint density at radius 1 is 1.39 bits per heavy atom. The summed E-state index contributed by atoms with van der Waals surface area (Å²) in [7, 11) is 0. The van der Waals surface area contributed by atoms with Gasteiger partial charge in [0.25, 0.3) is 0 Å². The van der Waals surface area contributed by atoms with E-state index in [1.54, 1.807) is 0 Å². The van der Waals surface area contributed by atoms with E-state index in [9.17, 15) is 13.6 Å². The molecule has 0 unspecified atom stereocenters. The first-order chi connectivity index (χ1) is 11.0. The molecular weight excluding hydrogens is 312 g/mol. The van der Waals surface area contributed by atoms with Gasteiger partial charge in [-0.1, -0.05) is 5.16 Å². The number of carbonyl (C=O) groups excluding carboxylic acids is 1. The van der Waals surface area contributed by atoms with Gasteiger partial charge in [-0.2, -0.15) is 0 Å². The molecule has 23 heavy (non-hydrogen) atoms. The van der Waals surface area contributed by atoms with Crippen molar-refractivity contribution < 1.29 is 28.0 Å². The minimum Gasteiger partial charge on any atom is -0.455 e. The zero-order valence-corrected chi connectivity index (χ0v) is 11.8. The maximum absolute atomic E-state index is 13.6. The summed E-state index contributed by atoms with van der Waals surface area (Å²) in [6.45, 7) is -0.243. The van der Waals surface area contributed by atoms with Gasteiger partial charge in [-0.3, -0.25) is 5.21 Å². The lowest BCUT2D eigenvalue weighted by molar-refractivity contribution is -0.0560. The van der Waals surface area contributed by atoms with Gasteiger partial charge in [0.15, 0.2) is 0 Å². The Morgan fingerprint density at radius 3 is 2.87 bits per heavy atom. The van der Waals surface area contributed by atoms with Crippen LogP contribution in [0.25, 0.3) is 11.3 Å². The number of nitrogens with zero attached hydrogens (tertiary/aromatic N) is 2. The number of furan rings is 1. The van der Waals surface area contributed by atoms with Crippen molar-refractivity contribution in [1.82, 2.24) is 5.06 Å². The maximum atomic E-state index is 13.6. The van der Waals surface area contributed by atoms with E-state index in [4.69, 9.17) is 20.2 Å². The van der Waals surface area contributed by atoms with E-state index in [1.165, 1.54) is 24.4 Å². The number of nitrogens with two attached hydrogens (primary N) is 1. The highest BCUT2D eigenvalue weighted by atomic mass is 19.1. The molecule has 122 valence electrons. The Hall–Kier alpha value is -2.94. The lowest BCUT2D eigenvalue weighted by Gasteiger charge is -2.09. The van der Waals surface area contributed by atoms with Crippen molar-refractivity contribution in [1.29, 1.82) is 0 Å². The molecule has 0 aliphatic rings. The topological polar surface area (TPSA) is 101 Å². The molecule has 0 atom stereocenters. The Bertz CT molecular complexity index is 718. The number of hydroxylamine groups is 2. The van der Waals surface area contributed by atoms with Gasteiger partial charge in [0.2, 0.25) is 0 Å². The van der Waals surface area contributed by atoms with Crippen LogP contribution in [0.2, 0.25) is 0 Å². The fraction of sp³-hybridized carbons (Fsp3) is 0.143. The van der Waals surface area contributed by atoms with Crippen molar-refractivity contribution in [3.05, 3.63) is 47.7 Å². The van der Waals surface area contributed by atoms with Gasteiger partial charge >= 0.3 is 6.03 Å². The molecule has 0 bridgehead atoms. The van der Waals surface area contributed by atoms with E-state index < -0.39 is 17.7 Å². The molecule has 7 nitrogen and oxygen atoms in total. The monoisotopic (exact) mass is 325 g/mol. The zero-order valence-electron chi connectivity index (χ0n) is 11.8. The van der Waals surface area contributed by atoms with E-state index in [2.05, 4.69) is 5.16 Å². The van der Waals surface area contributed by atoms with Crippen LogP contribution in [0.3, 0.4) is 0 Å². The summed E-state index contributed by atoms with van der Waals surface area (Å²) >= 11 is 0. The predicted molar refractivity (Wildman–Crippen MR) is 75.7 cm³/mol. The molecule has 0 radical (unpaired) electrons. The van der Waals surface area contributed by atoms with Crippen LogP contribution in [-0.4, -0.2) is 35.7 Å². The average molecular weight is 325 g/mol. The Morgan fingerprint density at radius 2 is 2.17 bits per heavy atom. The normalized spacial score (nSPS) is 10.9. The Labute approximate surface area is 129 Å². The highest BCUT2D eigenvalue weighted by Gasteiger charge is 2.10. The van der Waals surface area contributed by atoms with Crippen LogP contribution in [0.15, 0.2) is 39.9 Å². The zero-order chi connectivity index (χ0) is 16.8. The summed E-state index contributed by atoms with van der Waals surface area (Å²) in [4.78, 5) is 15.3. The summed E-state index contributed by atoms with van der Waals surface area (Å²) < 4.78 is 31.8. The molecule has 0 aliphatic heterocycles. The second-order valence-electron chi connectivity index (χ2n) is 4.36. The van der Waals surface area contributed by atoms with Crippen LogP contribution in [-0.2, 0) is 4.84 Å². The second-order valence-corrected chi connectivity index (χ2v) is 4.36. The maximum Gasteiger partial charge on any atom is 0.338 e. The van der Waals surface area contributed by atoms with Gasteiger partial charge in [-0.15, -0.1) is 0 Å². The third kappa shape index (κ3) is 4.51. The van der Waals surface area contributed by atoms with Crippen LogP contribution in [0, 0.1) is 11.6 Å². The molecule has 0 saturated carbocycles. The number of hydrogen-bond acceptors (Lipinski definition) is 5. The van der Waals surface area contributed by atoms with Gasteiger partial charge in [-0.05, 0) is 24.3 Å². The molecule has 0 aliphatic carbocycles. The average Bonchev–Trinajstić information content (AvgIpc) is 2.95. The quantitative estimate of drug-likeness (QED) is 0.368. The standard InChI is InChI=1S/C14H13F2N3O4/c15-9-1-3-11(12(16)7-9)13-4-2-10(23-13)8-18-22-6-5-19(21)14(17)20/h1-4,7-8,21H,5-6H2,(H2,17,20)/b18-8+. The molecular formula is C14H13F2N3O4. The largest absolute Gasteiger partial charge is 0.455 e. The molecule has 3 N–H and O–H groups in total. The smallest absolute Gasteiger partial charge is 0.338 e. The number of halogens is 2. The molecule has 1 aromatic heterocycles. The van der Waals surface area contributed by atoms with Crippen molar-refractivity contribution in [3.63, 3.8) is 0 Å². The first-order valence-electron chi connectivity index (χ1n) is 6.44. The van der Waals surface area contributed by atoms with Gasteiger partial charge in [0.1, 0.15) is 36.0 Å². The minimum absolute atomic E-state index is 0.0872. The summed E-state index contributed by atoms with van der Waals surface area (Å²) in [5.41, 5.74) is 4.91. The summed E-state index contributed by atoms with van der Waals surface area (Å²) in [6.07, 6.45) is 1.22. The fourth-order valence-corrected chi connectivity index (χ4v) is 1.64. The first kappa shape index (κ1) is 16.4. The third-order valence-electron chi connectivity index (χ3n) is 2.73. The van der Waals surface area contributed by atoms with E-state index in [1.807, 2.05) is 0 Å². The van der Waals surface area contributed by atoms with Crippen LogP contribution in [0.1, 0.15) is 5.76 Å². The number of carbonyl (C=O) groups is 1. The number of hydrogen-bond donors (Lipinski definition) is 2. The van der Waals surface area contributed by atoms with Crippen molar-refractivity contribution in [2.75, 3.05) is 13.2 Å². The highest BCUT2D eigenvalue weighted by molar-refractivity contribution is 5.77. The Balaban J connectivity index is 1.92. The molecule has 2 rings (SSSR count). The first-order valence-corrected chi connectivity index (χ1v) is 6.44. The van der Waals surface area contributed by atoms with Crippen molar-refractivity contribution >= 4 is 12.2 Å². The molecule has 1 aromatic carbocycles. The predicted octanol–water partition coefficient (Wildman–Crippen LogP) is 2.35. The van der Waals surface area contributed by atoms with E-state index in [-0.39, 0.29) is 35.3 Å². The molecule has 2 aromatic rings. The summed E-state index contributed by atoms with van der Waals surface area (Å²) in [5, 5.41) is 12.8. The van der Waals surface area contributed by atoms with Crippen LogP contribution < -0.4 is 5.73 Å². The molecule has 1 heterocycles. The number of urea groups is 1. The fourth-order valence-electron chi connectivity index (χ4n) is 1.64. The van der Waals surface area contributed by atoms with Gasteiger partial charge in [0.05, 0.1) is 12.1 Å². The lowest BCUT2D eigenvalue weighted by Crippen LogP contribution is -2.34. The number of amides is 2. The second kappa shape index (κ2) is 7.36. The van der Waals surface area contributed by atoms with Crippen molar-refractivity contribution in [2.24, 2.45) is 10.9 Å². The number of primary amides is 1. The number of oxime groups is 1. The van der Waals surface area contributed by atoms with Gasteiger partial charge < -0.3 is 15.0 Å². The molecule has 2 amide bonds. The van der Waals surface area contributed by atoms with Crippen LogP contribution >= 0.6 is 0 Å². The van der Waals surface area contributed by atoms with Gasteiger partial charge in [0, 0.05) is 6.07 Å². The SMILES string of the molecule is NC(=O)N(O)CCO/N=C/c1ccc(-c2ccc(F)cc2F)o1. The highest BCUT2D eigenvalue weighted by Crippen LogP contribution is 2.25. The van der Waals surface area contributed by atoms with E-state index >= 15 is 0 Å². The van der Waals surface area contributed by atoms with E-state index in [0.29, 0.717) is 0 Å². The van der Waals surface area contributed by atoms with Crippen molar-refractivity contribution in [2.45, 2.75) is 0 Å². The molecule has 0 spiro atoms. The molecule has 9 heteroatoms. The van der Waals surface area contributed by atoms with Gasteiger partial charge in [-0.25, -0.2) is 18.6 Å². The van der Waals surface area contributed by atoms with Crippen LogP contribution in [0.4, 0.5) is 13.6 Å². The summed E-state index contributed by atoms with van der Waals surface area (Å²) in [6, 6.07) is 5.16. The third-order valence-corrected chi connectivity index (χ3v) is 2.73. The van der Waals surface area contributed by atoms with Crippen LogP contribution in [0.5, 0.6) is 0 Å². The summed E-state index contributed by atoms with van der Waals surface area (Å²) in [5.74, 6) is -0.936. The Kier molecular flexibility index (Phi) is 5.26. The molecule has 0 fully saturated rings. The van der Waals surface area contributed by atoms with E-state index in [0.717, 1.165) is 12.1 Å². The minimum atomic E-state index is -1.01. The molecule has 0 saturated heterocycles.